The summed E-state index contributed by atoms with van der Waals surface area (Å²) in [5.74, 6) is 0.0655. The SMILES string of the molecule is Cc1nn(C)c(C)c1CN1CCN(C(=O)c2cccc(N)c2)CC1. The molecule has 1 fully saturated rings. The van der Waals surface area contributed by atoms with E-state index < -0.39 is 0 Å². The van der Waals surface area contributed by atoms with Gasteiger partial charge in [-0.25, -0.2) is 0 Å². The summed E-state index contributed by atoms with van der Waals surface area (Å²) in [6.07, 6.45) is 0. The number of nitrogens with two attached hydrogens (primary N) is 1. The maximum absolute atomic E-state index is 12.6. The van der Waals surface area contributed by atoms with Crippen LogP contribution in [-0.4, -0.2) is 51.7 Å². The van der Waals surface area contributed by atoms with Crippen LogP contribution in [0.5, 0.6) is 0 Å². The molecular weight excluding hydrogens is 302 g/mol. The van der Waals surface area contributed by atoms with Crippen LogP contribution in [0.1, 0.15) is 27.3 Å². The summed E-state index contributed by atoms with van der Waals surface area (Å²) in [5.41, 5.74) is 10.7. The number of carbonyl (C=O) groups excluding carboxylic acids is 1. The summed E-state index contributed by atoms with van der Waals surface area (Å²) < 4.78 is 1.93. The van der Waals surface area contributed by atoms with Crippen molar-refractivity contribution in [3.05, 3.63) is 46.8 Å². The van der Waals surface area contributed by atoms with Gasteiger partial charge >= 0.3 is 0 Å². The summed E-state index contributed by atoms with van der Waals surface area (Å²) in [6.45, 7) is 8.30. The van der Waals surface area contributed by atoms with Crippen molar-refractivity contribution in [1.29, 1.82) is 0 Å². The first-order chi connectivity index (χ1) is 11.5. The maximum Gasteiger partial charge on any atom is 0.254 e. The van der Waals surface area contributed by atoms with Gasteiger partial charge in [0.25, 0.3) is 5.91 Å². The van der Waals surface area contributed by atoms with E-state index in [-0.39, 0.29) is 5.91 Å². The van der Waals surface area contributed by atoms with E-state index in [0.29, 0.717) is 11.3 Å². The van der Waals surface area contributed by atoms with Crippen LogP contribution < -0.4 is 5.73 Å². The van der Waals surface area contributed by atoms with E-state index in [0.717, 1.165) is 38.4 Å². The van der Waals surface area contributed by atoms with E-state index in [1.54, 1.807) is 12.1 Å². The highest BCUT2D eigenvalue weighted by atomic mass is 16.2. The fourth-order valence-electron chi connectivity index (χ4n) is 3.23. The average molecular weight is 327 g/mol. The van der Waals surface area contributed by atoms with Gasteiger partial charge in [0.05, 0.1) is 5.69 Å². The van der Waals surface area contributed by atoms with Crippen LogP contribution in [0.4, 0.5) is 5.69 Å². The third-order valence-electron chi connectivity index (χ3n) is 4.83. The number of nitrogen functional groups attached to an aromatic ring is 1. The molecule has 0 aliphatic carbocycles. The molecule has 3 rings (SSSR count). The van der Waals surface area contributed by atoms with Crippen LogP contribution in [-0.2, 0) is 13.6 Å². The molecule has 24 heavy (non-hydrogen) atoms. The minimum absolute atomic E-state index is 0.0655. The lowest BCUT2D eigenvalue weighted by Crippen LogP contribution is -2.48. The molecule has 1 saturated heterocycles. The molecule has 1 aliphatic heterocycles. The third kappa shape index (κ3) is 3.28. The van der Waals surface area contributed by atoms with E-state index in [4.69, 9.17) is 5.73 Å². The smallest absolute Gasteiger partial charge is 0.254 e. The molecule has 0 unspecified atom stereocenters. The van der Waals surface area contributed by atoms with Crippen LogP contribution in [0.25, 0.3) is 0 Å². The monoisotopic (exact) mass is 327 g/mol. The Morgan fingerprint density at radius 2 is 1.92 bits per heavy atom. The van der Waals surface area contributed by atoms with Gasteiger partial charge in [-0.15, -0.1) is 0 Å². The van der Waals surface area contributed by atoms with Gasteiger partial charge < -0.3 is 10.6 Å². The Morgan fingerprint density at radius 1 is 1.21 bits per heavy atom. The van der Waals surface area contributed by atoms with Gasteiger partial charge in [-0.1, -0.05) is 6.07 Å². The summed E-state index contributed by atoms with van der Waals surface area (Å²) >= 11 is 0. The molecule has 1 aromatic heterocycles. The molecule has 0 atom stereocenters. The minimum Gasteiger partial charge on any atom is -0.399 e. The molecule has 2 heterocycles. The zero-order valence-electron chi connectivity index (χ0n) is 14.6. The average Bonchev–Trinajstić information content (AvgIpc) is 2.81. The first-order valence-corrected chi connectivity index (χ1v) is 8.32. The third-order valence-corrected chi connectivity index (χ3v) is 4.83. The number of benzene rings is 1. The number of aryl methyl sites for hydroxylation is 2. The molecule has 1 aliphatic rings. The van der Waals surface area contributed by atoms with Crippen LogP contribution in [0, 0.1) is 13.8 Å². The number of aromatic nitrogens is 2. The molecule has 0 spiro atoms. The Balaban J connectivity index is 1.60. The number of hydrogen-bond donors (Lipinski definition) is 1. The maximum atomic E-state index is 12.6. The van der Waals surface area contributed by atoms with Crippen LogP contribution in [0.2, 0.25) is 0 Å². The van der Waals surface area contributed by atoms with Gasteiger partial charge in [0, 0.05) is 62.3 Å². The lowest BCUT2D eigenvalue weighted by Gasteiger charge is -2.34. The van der Waals surface area contributed by atoms with Crippen molar-refractivity contribution >= 4 is 11.6 Å². The van der Waals surface area contributed by atoms with E-state index in [1.807, 2.05) is 28.8 Å². The molecule has 0 bridgehead atoms. The fraction of sp³-hybridized carbons (Fsp3) is 0.444. The van der Waals surface area contributed by atoms with Crippen molar-refractivity contribution in [3.63, 3.8) is 0 Å². The molecule has 0 radical (unpaired) electrons. The number of carbonyl (C=O) groups is 1. The number of amides is 1. The second kappa shape index (κ2) is 6.65. The lowest BCUT2D eigenvalue weighted by molar-refractivity contribution is 0.0628. The second-order valence-electron chi connectivity index (χ2n) is 6.47. The quantitative estimate of drug-likeness (QED) is 0.869. The molecule has 0 saturated carbocycles. The van der Waals surface area contributed by atoms with Crippen LogP contribution >= 0.6 is 0 Å². The number of rotatable bonds is 3. The normalized spacial score (nSPS) is 15.7. The predicted molar refractivity (Wildman–Crippen MR) is 94.7 cm³/mol. The Labute approximate surface area is 142 Å². The molecule has 2 aromatic rings. The minimum atomic E-state index is 0.0655. The zero-order chi connectivity index (χ0) is 17.3. The highest BCUT2D eigenvalue weighted by Crippen LogP contribution is 2.17. The van der Waals surface area contributed by atoms with Gasteiger partial charge in [0.2, 0.25) is 0 Å². The highest BCUT2D eigenvalue weighted by Gasteiger charge is 2.23. The first-order valence-electron chi connectivity index (χ1n) is 8.32. The van der Waals surface area contributed by atoms with Crippen LogP contribution in [0.3, 0.4) is 0 Å². The highest BCUT2D eigenvalue weighted by molar-refractivity contribution is 5.95. The Morgan fingerprint density at radius 3 is 2.50 bits per heavy atom. The zero-order valence-corrected chi connectivity index (χ0v) is 14.6. The van der Waals surface area contributed by atoms with Crippen molar-refractivity contribution in [2.45, 2.75) is 20.4 Å². The van der Waals surface area contributed by atoms with Crippen molar-refractivity contribution in [2.75, 3.05) is 31.9 Å². The van der Waals surface area contributed by atoms with Crippen molar-refractivity contribution in [2.24, 2.45) is 7.05 Å². The fourth-order valence-corrected chi connectivity index (χ4v) is 3.23. The van der Waals surface area contributed by atoms with E-state index >= 15 is 0 Å². The Hall–Kier alpha value is -2.34. The lowest BCUT2D eigenvalue weighted by atomic mass is 10.1. The largest absolute Gasteiger partial charge is 0.399 e. The van der Waals surface area contributed by atoms with Gasteiger partial charge in [-0.05, 0) is 32.0 Å². The first kappa shape index (κ1) is 16.5. The second-order valence-corrected chi connectivity index (χ2v) is 6.47. The number of hydrogen-bond acceptors (Lipinski definition) is 4. The number of anilines is 1. The Kier molecular flexibility index (Phi) is 4.57. The predicted octanol–water partition coefficient (Wildman–Crippen LogP) is 1.58. The van der Waals surface area contributed by atoms with E-state index in [2.05, 4.69) is 23.8 Å². The summed E-state index contributed by atoms with van der Waals surface area (Å²) in [7, 11) is 1.98. The summed E-state index contributed by atoms with van der Waals surface area (Å²) in [6, 6.07) is 7.20. The summed E-state index contributed by atoms with van der Waals surface area (Å²) in [4.78, 5) is 16.9. The van der Waals surface area contributed by atoms with Gasteiger partial charge in [-0.3, -0.25) is 14.4 Å². The van der Waals surface area contributed by atoms with Crippen molar-refractivity contribution in [3.8, 4) is 0 Å². The molecule has 1 aromatic carbocycles. The number of nitrogens with zero attached hydrogens (tertiary/aromatic N) is 4. The van der Waals surface area contributed by atoms with Crippen LogP contribution in [0.15, 0.2) is 24.3 Å². The molecule has 6 nitrogen and oxygen atoms in total. The number of piperazine rings is 1. The Bertz CT molecular complexity index is 744. The van der Waals surface area contributed by atoms with Gasteiger partial charge in [-0.2, -0.15) is 5.10 Å². The van der Waals surface area contributed by atoms with E-state index in [9.17, 15) is 4.79 Å². The van der Waals surface area contributed by atoms with Gasteiger partial charge in [0.1, 0.15) is 0 Å². The molecule has 128 valence electrons. The van der Waals surface area contributed by atoms with Crippen molar-refractivity contribution in [1.82, 2.24) is 19.6 Å². The topological polar surface area (TPSA) is 67.4 Å². The molecular formula is C18H25N5O. The van der Waals surface area contributed by atoms with Gasteiger partial charge in [0.15, 0.2) is 0 Å². The van der Waals surface area contributed by atoms with E-state index in [1.165, 1.54) is 11.3 Å². The standard InChI is InChI=1S/C18H25N5O/c1-13-17(14(2)21(3)20-13)12-22-7-9-23(10-8-22)18(24)15-5-4-6-16(19)11-15/h4-6,11H,7-10,12,19H2,1-3H3. The molecule has 2 N–H and O–H groups in total. The molecule has 1 amide bonds. The van der Waals surface area contributed by atoms with Crippen molar-refractivity contribution < 1.29 is 4.79 Å². The molecule has 6 heteroatoms. The summed E-state index contributed by atoms with van der Waals surface area (Å²) in [5, 5.41) is 4.48.